The van der Waals surface area contributed by atoms with Gasteiger partial charge in [-0.05, 0) is 42.8 Å². The monoisotopic (exact) mass is 305 g/mol. The fraction of sp³-hybridized carbons (Fsp3) is 0.267. The lowest BCUT2D eigenvalue weighted by atomic mass is 10.2. The highest BCUT2D eigenvalue weighted by Gasteiger charge is 2.03. The van der Waals surface area contributed by atoms with E-state index < -0.39 is 0 Å². The van der Waals surface area contributed by atoms with Gasteiger partial charge in [-0.3, -0.25) is 4.90 Å². The molecule has 0 unspecified atom stereocenters. The predicted octanol–water partition coefficient (Wildman–Crippen LogP) is 2.35. The van der Waals surface area contributed by atoms with E-state index in [2.05, 4.69) is 34.6 Å². The summed E-state index contributed by atoms with van der Waals surface area (Å²) < 4.78 is 5.68. The molecular formula is C15H19N3O2S. The van der Waals surface area contributed by atoms with Crippen molar-refractivity contribution in [1.29, 1.82) is 0 Å². The number of thiophene rings is 1. The van der Waals surface area contributed by atoms with Crippen LogP contribution in [-0.4, -0.2) is 36.1 Å². The highest BCUT2D eigenvalue weighted by Crippen LogP contribution is 2.13. The summed E-state index contributed by atoms with van der Waals surface area (Å²) in [4.78, 5) is 3.57. The van der Waals surface area contributed by atoms with Crippen LogP contribution >= 0.6 is 11.3 Å². The molecule has 0 aliphatic carbocycles. The number of hydrogen-bond acceptors (Lipinski definition) is 5. The molecule has 3 N–H and O–H groups in total. The van der Waals surface area contributed by atoms with Crippen molar-refractivity contribution >= 4 is 17.2 Å². The van der Waals surface area contributed by atoms with Crippen molar-refractivity contribution in [3.05, 3.63) is 52.2 Å². The van der Waals surface area contributed by atoms with Crippen LogP contribution in [0.15, 0.2) is 46.9 Å². The number of nitrogens with zero attached hydrogens (tertiary/aromatic N) is 2. The van der Waals surface area contributed by atoms with Crippen molar-refractivity contribution in [3.8, 4) is 5.75 Å². The van der Waals surface area contributed by atoms with Crippen LogP contribution in [0.25, 0.3) is 0 Å². The molecule has 0 saturated carbocycles. The highest BCUT2D eigenvalue weighted by molar-refractivity contribution is 7.09. The number of likely N-dealkylation sites (N-methyl/N-ethyl adjacent to an activating group) is 1. The Labute approximate surface area is 128 Å². The Kier molecular flexibility index (Phi) is 5.59. The third kappa shape index (κ3) is 4.77. The van der Waals surface area contributed by atoms with Gasteiger partial charge in [-0.2, -0.15) is 0 Å². The van der Waals surface area contributed by atoms with Crippen LogP contribution in [0.4, 0.5) is 0 Å². The molecular weight excluding hydrogens is 286 g/mol. The maximum absolute atomic E-state index is 8.59. The number of oxime groups is 1. The second kappa shape index (κ2) is 7.66. The van der Waals surface area contributed by atoms with Gasteiger partial charge < -0.3 is 15.7 Å². The Morgan fingerprint density at radius 1 is 1.33 bits per heavy atom. The average Bonchev–Trinajstić information content (AvgIpc) is 3.00. The largest absolute Gasteiger partial charge is 0.492 e. The Hall–Kier alpha value is -2.05. The van der Waals surface area contributed by atoms with Crippen molar-refractivity contribution in [2.24, 2.45) is 10.9 Å². The van der Waals surface area contributed by atoms with Gasteiger partial charge in [0.05, 0.1) is 0 Å². The van der Waals surface area contributed by atoms with Gasteiger partial charge in [-0.25, -0.2) is 0 Å². The minimum atomic E-state index is 0.0947. The van der Waals surface area contributed by atoms with Crippen LogP contribution in [-0.2, 0) is 6.54 Å². The summed E-state index contributed by atoms with van der Waals surface area (Å²) >= 11 is 1.76. The molecule has 0 fully saturated rings. The fourth-order valence-corrected chi connectivity index (χ4v) is 2.63. The number of nitrogens with two attached hydrogens (primary N) is 1. The van der Waals surface area contributed by atoms with E-state index in [4.69, 9.17) is 15.7 Å². The molecule has 0 radical (unpaired) electrons. The smallest absolute Gasteiger partial charge is 0.170 e. The molecule has 6 heteroatoms. The number of amidine groups is 1. The summed E-state index contributed by atoms with van der Waals surface area (Å²) in [6, 6.07) is 11.3. The molecule has 2 rings (SSSR count). The molecule has 0 spiro atoms. The number of benzene rings is 1. The molecule has 0 saturated heterocycles. The van der Waals surface area contributed by atoms with Crippen molar-refractivity contribution in [2.75, 3.05) is 20.2 Å². The van der Waals surface area contributed by atoms with Crippen molar-refractivity contribution in [3.63, 3.8) is 0 Å². The first kappa shape index (κ1) is 15.3. The Balaban J connectivity index is 1.75. The molecule has 0 amide bonds. The molecule has 1 heterocycles. The maximum Gasteiger partial charge on any atom is 0.170 e. The second-order valence-electron chi connectivity index (χ2n) is 4.68. The van der Waals surface area contributed by atoms with E-state index in [1.54, 1.807) is 23.5 Å². The Morgan fingerprint density at radius 2 is 2.10 bits per heavy atom. The molecule has 5 nitrogen and oxygen atoms in total. The van der Waals surface area contributed by atoms with E-state index in [0.29, 0.717) is 12.2 Å². The van der Waals surface area contributed by atoms with E-state index >= 15 is 0 Å². The van der Waals surface area contributed by atoms with Gasteiger partial charge in [0.1, 0.15) is 12.4 Å². The van der Waals surface area contributed by atoms with Gasteiger partial charge in [0, 0.05) is 23.5 Å². The summed E-state index contributed by atoms with van der Waals surface area (Å²) in [6.45, 7) is 2.40. The zero-order valence-electron chi connectivity index (χ0n) is 11.9. The van der Waals surface area contributed by atoms with Gasteiger partial charge in [0.25, 0.3) is 0 Å². The van der Waals surface area contributed by atoms with E-state index in [0.717, 1.165) is 18.8 Å². The lowest BCUT2D eigenvalue weighted by molar-refractivity contribution is 0.234. The minimum Gasteiger partial charge on any atom is -0.492 e. The molecule has 1 aromatic heterocycles. The third-order valence-corrected chi connectivity index (χ3v) is 3.87. The lowest BCUT2D eigenvalue weighted by Gasteiger charge is -2.16. The van der Waals surface area contributed by atoms with Gasteiger partial charge in [-0.15, -0.1) is 11.3 Å². The minimum absolute atomic E-state index is 0.0947. The maximum atomic E-state index is 8.59. The topological polar surface area (TPSA) is 71.1 Å². The zero-order chi connectivity index (χ0) is 15.1. The zero-order valence-corrected chi connectivity index (χ0v) is 12.7. The molecule has 112 valence electrons. The van der Waals surface area contributed by atoms with Crippen LogP contribution in [0, 0.1) is 0 Å². The van der Waals surface area contributed by atoms with Crippen molar-refractivity contribution in [1.82, 2.24) is 4.90 Å². The summed E-state index contributed by atoms with van der Waals surface area (Å²) in [5.41, 5.74) is 6.17. The normalized spacial score (nSPS) is 11.8. The summed E-state index contributed by atoms with van der Waals surface area (Å²) in [7, 11) is 2.07. The predicted molar refractivity (Wildman–Crippen MR) is 85.1 cm³/mol. The van der Waals surface area contributed by atoms with Crippen LogP contribution in [0.5, 0.6) is 5.75 Å². The second-order valence-corrected chi connectivity index (χ2v) is 5.71. The molecule has 0 bridgehead atoms. The first-order valence-electron chi connectivity index (χ1n) is 6.60. The molecule has 1 aromatic carbocycles. The van der Waals surface area contributed by atoms with Crippen LogP contribution < -0.4 is 10.5 Å². The summed E-state index contributed by atoms with van der Waals surface area (Å²) in [5, 5.41) is 13.6. The van der Waals surface area contributed by atoms with E-state index in [1.165, 1.54) is 4.88 Å². The fourth-order valence-electron chi connectivity index (χ4n) is 1.85. The third-order valence-electron chi connectivity index (χ3n) is 3.01. The lowest BCUT2D eigenvalue weighted by Crippen LogP contribution is -2.23. The number of rotatable bonds is 7. The molecule has 0 aliphatic rings. The van der Waals surface area contributed by atoms with Crippen LogP contribution in [0.3, 0.4) is 0 Å². The quantitative estimate of drug-likeness (QED) is 0.356. The van der Waals surface area contributed by atoms with E-state index in [-0.39, 0.29) is 5.84 Å². The number of hydrogen-bond donors (Lipinski definition) is 2. The van der Waals surface area contributed by atoms with Gasteiger partial charge in [-0.1, -0.05) is 11.2 Å². The SMILES string of the molecule is CN(CCOc1ccc(C(N)=NO)cc1)Cc1cccs1. The summed E-state index contributed by atoms with van der Waals surface area (Å²) in [6.07, 6.45) is 0. The van der Waals surface area contributed by atoms with E-state index in [9.17, 15) is 0 Å². The van der Waals surface area contributed by atoms with Crippen molar-refractivity contribution in [2.45, 2.75) is 6.54 Å². The molecule has 21 heavy (non-hydrogen) atoms. The molecule has 0 atom stereocenters. The van der Waals surface area contributed by atoms with Crippen LogP contribution in [0.2, 0.25) is 0 Å². The Bertz CT molecular complexity index is 567. The van der Waals surface area contributed by atoms with Gasteiger partial charge in [0.2, 0.25) is 0 Å². The standard InChI is InChI=1S/C15H19N3O2S/c1-18(11-14-3-2-10-21-14)8-9-20-13-6-4-12(5-7-13)15(16)17-19/h2-7,10,19H,8-9,11H2,1H3,(H2,16,17). The average molecular weight is 305 g/mol. The first-order valence-corrected chi connectivity index (χ1v) is 7.48. The Morgan fingerprint density at radius 3 is 2.71 bits per heavy atom. The van der Waals surface area contributed by atoms with E-state index in [1.807, 2.05) is 12.1 Å². The molecule has 2 aromatic rings. The number of ether oxygens (including phenoxy) is 1. The van der Waals surface area contributed by atoms with Crippen LogP contribution in [0.1, 0.15) is 10.4 Å². The van der Waals surface area contributed by atoms with Gasteiger partial charge >= 0.3 is 0 Å². The molecule has 0 aliphatic heterocycles. The first-order chi connectivity index (χ1) is 10.2. The van der Waals surface area contributed by atoms with Crippen molar-refractivity contribution < 1.29 is 9.94 Å². The van der Waals surface area contributed by atoms with Gasteiger partial charge in [0.15, 0.2) is 5.84 Å². The summed E-state index contributed by atoms with van der Waals surface area (Å²) in [5.74, 6) is 0.867. The highest BCUT2D eigenvalue weighted by atomic mass is 32.1.